The van der Waals surface area contributed by atoms with Crippen molar-refractivity contribution in [3.63, 3.8) is 0 Å². The van der Waals surface area contributed by atoms with Gasteiger partial charge in [-0.3, -0.25) is 0 Å². The smallest absolute Gasteiger partial charge is 0.262 e. The monoisotopic (exact) mass is 676 g/mol. The summed E-state index contributed by atoms with van der Waals surface area (Å²) in [5.74, 6) is 1.44. The third-order valence-corrected chi connectivity index (χ3v) is 9.23. The van der Waals surface area contributed by atoms with E-state index >= 15 is 0 Å². The molecule has 0 bridgehead atoms. The largest absolute Gasteiger partial charge is 0.497 e. The van der Waals surface area contributed by atoms with Gasteiger partial charge in [-0.15, -0.1) is 0 Å². The zero-order chi connectivity index (χ0) is 33.9. The van der Waals surface area contributed by atoms with Crippen LogP contribution in [0.15, 0.2) is 83.6 Å². The minimum atomic E-state index is -3.82. The standard InChI is InChI=1S/C23H30N4O4S.C7H14N4O2S/c1-25(2)13-14-26-17-23(24-18-26)32(28,29)27(15-19-5-9-21(30-3)10-6-19)16-20-7-11-22(31-4)12-8-20;1-10(2)3-4-11-5-7(9-6-11)14(8,12)13/h5-12,17-18H,13-16H2,1-4H3;5-6H,3-4H2,1-2H3,(H2,8,12,13). The van der Waals surface area contributed by atoms with Crippen LogP contribution in [0.2, 0.25) is 0 Å². The Hall–Kier alpha value is -3.80. The molecule has 252 valence electrons. The van der Waals surface area contributed by atoms with Gasteiger partial charge < -0.3 is 28.4 Å². The SMILES string of the molecule is CN(C)CCn1cnc(S(N)(=O)=O)c1.COc1ccc(CN(Cc2ccc(OC)cc2)S(=O)(=O)c2cn(CCN(C)C)cn2)cc1. The molecule has 4 aromatic rings. The number of imidazole rings is 2. The van der Waals surface area contributed by atoms with Crippen molar-refractivity contribution < 1.29 is 26.3 Å². The van der Waals surface area contributed by atoms with Crippen LogP contribution in [0.25, 0.3) is 0 Å². The van der Waals surface area contributed by atoms with Crippen molar-refractivity contribution in [3.8, 4) is 11.5 Å². The van der Waals surface area contributed by atoms with E-state index in [2.05, 4.69) is 9.97 Å². The molecule has 0 amide bonds. The second-order valence-electron chi connectivity index (χ2n) is 11.0. The molecule has 0 radical (unpaired) electrons. The maximum atomic E-state index is 13.5. The first-order valence-corrected chi connectivity index (χ1v) is 17.3. The topological polar surface area (TPSA) is 158 Å². The molecule has 46 heavy (non-hydrogen) atoms. The molecule has 16 heteroatoms. The molecule has 0 fully saturated rings. The number of nitrogens with zero attached hydrogens (tertiary/aromatic N) is 7. The fourth-order valence-corrected chi connectivity index (χ4v) is 5.89. The maximum Gasteiger partial charge on any atom is 0.262 e. The summed E-state index contributed by atoms with van der Waals surface area (Å²) in [4.78, 5) is 11.9. The van der Waals surface area contributed by atoms with Crippen molar-refractivity contribution in [1.29, 1.82) is 0 Å². The van der Waals surface area contributed by atoms with Crippen LogP contribution in [-0.4, -0.2) is 106 Å². The van der Waals surface area contributed by atoms with Crippen LogP contribution >= 0.6 is 0 Å². The number of primary sulfonamides is 1. The molecule has 2 heterocycles. The number of nitrogens with two attached hydrogens (primary N) is 1. The van der Waals surface area contributed by atoms with Gasteiger partial charge in [0.2, 0.25) is 0 Å². The first kappa shape index (κ1) is 36.7. The number of rotatable bonds is 15. The lowest BCUT2D eigenvalue weighted by molar-refractivity contribution is 0.383. The summed E-state index contributed by atoms with van der Waals surface area (Å²) in [6.45, 7) is 3.38. The van der Waals surface area contributed by atoms with Gasteiger partial charge in [-0.25, -0.2) is 31.9 Å². The van der Waals surface area contributed by atoms with Crippen LogP contribution < -0.4 is 14.6 Å². The molecule has 0 atom stereocenters. The number of hydrogen-bond acceptors (Lipinski definition) is 10. The molecule has 0 saturated heterocycles. The van der Waals surface area contributed by atoms with E-state index in [0.717, 1.165) is 35.7 Å². The average molecular weight is 677 g/mol. The van der Waals surface area contributed by atoms with E-state index in [1.807, 2.05) is 86.5 Å². The highest BCUT2D eigenvalue weighted by molar-refractivity contribution is 7.89. The number of likely N-dealkylation sites (N-methyl/N-ethyl adjacent to an activating group) is 2. The van der Waals surface area contributed by atoms with Crippen LogP contribution in [0.4, 0.5) is 0 Å². The summed E-state index contributed by atoms with van der Waals surface area (Å²) >= 11 is 0. The summed E-state index contributed by atoms with van der Waals surface area (Å²) in [5, 5.41) is 4.87. The number of sulfonamides is 2. The molecule has 0 spiro atoms. The Labute approximate surface area is 272 Å². The predicted molar refractivity (Wildman–Crippen MR) is 175 cm³/mol. The number of ether oxygens (including phenoxy) is 2. The molecule has 14 nitrogen and oxygen atoms in total. The number of aromatic nitrogens is 4. The highest BCUT2D eigenvalue weighted by atomic mass is 32.2. The average Bonchev–Trinajstić information content (AvgIpc) is 3.71. The summed E-state index contributed by atoms with van der Waals surface area (Å²) in [5.41, 5.74) is 1.71. The van der Waals surface area contributed by atoms with E-state index in [1.165, 1.54) is 16.8 Å². The van der Waals surface area contributed by atoms with Crippen LogP contribution in [0.3, 0.4) is 0 Å². The van der Waals surface area contributed by atoms with Gasteiger partial charge in [0.15, 0.2) is 10.1 Å². The van der Waals surface area contributed by atoms with Crippen molar-refractivity contribution in [2.75, 3.05) is 55.5 Å². The minimum absolute atomic E-state index is 0.0401. The minimum Gasteiger partial charge on any atom is -0.497 e. The lowest BCUT2D eigenvalue weighted by Crippen LogP contribution is -2.30. The molecule has 0 unspecified atom stereocenters. The van der Waals surface area contributed by atoms with Gasteiger partial charge in [0.05, 0.1) is 26.9 Å². The maximum absolute atomic E-state index is 13.5. The molecule has 0 aliphatic carbocycles. The van der Waals surface area contributed by atoms with Gasteiger partial charge >= 0.3 is 0 Å². The zero-order valence-electron chi connectivity index (χ0n) is 27.1. The lowest BCUT2D eigenvalue weighted by atomic mass is 10.2. The lowest BCUT2D eigenvalue weighted by Gasteiger charge is -2.21. The Morgan fingerprint density at radius 3 is 1.41 bits per heavy atom. The molecule has 2 aromatic carbocycles. The van der Waals surface area contributed by atoms with Crippen molar-refractivity contribution >= 4 is 20.0 Å². The summed E-state index contributed by atoms with van der Waals surface area (Å²) in [7, 11) is 3.54. The van der Waals surface area contributed by atoms with Crippen molar-refractivity contribution in [2.45, 2.75) is 36.2 Å². The molecular formula is C30H44N8O6S2. The van der Waals surface area contributed by atoms with Gasteiger partial charge in [0.1, 0.15) is 11.5 Å². The van der Waals surface area contributed by atoms with E-state index in [-0.39, 0.29) is 23.1 Å². The number of hydrogen-bond donors (Lipinski definition) is 1. The first-order chi connectivity index (χ1) is 21.7. The van der Waals surface area contributed by atoms with Crippen molar-refractivity contribution in [1.82, 2.24) is 33.2 Å². The van der Waals surface area contributed by atoms with Crippen molar-refractivity contribution in [3.05, 3.63) is 84.7 Å². The van der Waals surface area contributed by atoms with Crippen LogP contribution in [0.1, 0.15) is 11.1 Å². The quantitative estimate of drug-likeness (QED) is 0.197. The third kappa shape index (κ3) is 11.2. The van der Waals surface area contributed by atoms with E-state index in [4.69, 9.17) is 14.6 Å². The van der Waals surface area contributed by atoms with Gasteiger partial charge in [0.25, 0.3) is 20.0 Å². The highest BCUT2D eigenvalue weighted by Gasteiger charge is 2.27. The number of methoxy groups -OCH3 is 2. The third-order valence-electron chi connectivity index (χ3n) is 6.76. The first-order valence-electron chi connectivity index (χ1n) is 14.3. The zero-order valence-corrected chi connectivity index (χ0v) is 28.8. The fourth-order valence-electron chi connectivity index (χ4n) is 4.06. The highest BCUT2D eigenvalue weighted by Crippen LogP contribution is 2.22. The molecule has 2 aromatic heterocycles. The Morgan fingerprint density at radius 2 is 1.07 bits per heavy atom. The summed E-state index contributed by atoms with van der Waals surface area (Å²) in [6, 6.07) is 14.8. The normalized spacial score (nSPS) is 12.0. The van der Waals surface area contributed by atoms with E-state index in [1.54, 1.807) is 35.9 Å². The van der Waals surface area contributed by atoms with Crippen molar-refractivity contribution in [2.24, 2.45) is 5.14 Å². The fraction of sp³-hybridized carbons (Fsp3) is 0.400. The molecular weight excluding hydrogens is 633 g/mol. The molecule has 0 aliphatic heterocycles. The Balaban J connectivity index is 0.000000344. The van der Waals surface area contributed by atoms with Crippen LogP contribution in [0.5, 0.6) is 11.5 Å². The van der Waals surface area contributed by atoms with E-state index in [9.17, 15) is 16.8 Å². The molecule has 0 aliphatic rings. The van der Waals surface area contributed by atoms with E-state index in [0.29, 0.717) is 13.1 Å². The summed E-state index contributed by atoms with van der Waals surface area (Å²) < 4.78 is 64.2. The summed E-state index contributed by atoms with van der Waals surface area (Å²) in [6.07, 6.45) is 6.05. The van der Waals surface area contributed by atoms with Crippen LogP contribution in [-0.2, 0) is 46.2 Å². The molecule has 2 N–H and O–H groups in total. The van der Waals surface area contributed by atoms with Gasteiger partial charge in [-0.05, 0) is 63.6 Å². The van der Waals surface area contributed by atoms with Gasteiger partial charge in [-0.2, -0.15) is 4.31 Å². The molecule has 0 saturated carbocycles. The van der Waals surface area contributed by atoms with E-state index < -0.39 is 20.0 Å². The Bertz CT molecular complexity index is 1670. The number of benzene rings is 2. The predicted octanol–water partition coefficient (Wildman–Crippen LogP) is 1.95. The van der Waals surface area contributed by atoms with Gasteiger partial charge in [-0.1, -0.05) is 24.3 Å². The second kappa shape index (κ2) is 16.7. The Kier molecular flexibility index (Phi) is 13.3. The van der Waals surface area contributed by atoms with Crippen LogP contribution in [0, 0.1) is 0 Å². The molecule has 4 rings (SSSR count). The Morgan fingerprint density at radius 1 is 0.674 bits per heavy atom. The second-order valence-corrected chi connectivity index (χ2v) is 14.4. The van der Waals surface area contributed by atoms with Gasteiger partial charge in [0, 0.05) is 51.7 Å².